The maximum Gasteiger partial charge on any atom is 0.168 e. The molecule has 106 valence electrons. The number of para-hydroxylation sites is 1. The smallest absolute Gasteiger partial charge is 0.168 e. The fourth-order valence-electron chi connectivity index (χ4n) is 1.87. The molecule has 0 amide bonds. The Bertz CT molecular complexity index is 582. The van der Waals surface area contributed by atoms with Gasteiger partial charge >= 0.3 is 0 Å². The van der Waals surface area contributed by atoms with Crippen molar-refractivity contribution in [2.24, 2.45) is 0 Å². The molecule has 0 aliphatic carbocycles. The number of aliphatic hydroxyl groups is 1. The highest BCUT2D eigenvalue weighted by Gasteiger charge is 2.14. The molecule has 1 atom stereocenters. The minimum Gasteiger partial charge on any atom is -0.494 e. The molecule has 0 aliphatic rings. The Labute approximate surface area is 117 Å². The monoisotopic (exact) mass is 276 g/mol. The van der Waals surface area contributed by atoms with Crippen LogP contribution in [0.4, 0.5) is 4.39 Å². The molecule has 1 N–H and O–H groups in total. The molecule has 2 aromatic carbocycles. The number of aliphatic hydroxyl groups excluding tert-OH is 1. The van der Waals surface area contributed by atoms with Crippen LogP contribution in [0.5, 0.6) is 17.2 Å². The van der Waals surface area contributed by atoms with E-state index in [1.54, 1.807) is 43.3 Å². The lowest BCUT2D eigenvalue weighted by Gasteiger charge is -2.14. The minimum atomic E-state index is -0.809. The van der Waals surface area contributed by atoms with Crippen molar-refractivity contribution in [2.75, 3.05) is 6.61 Å². The fourth-order valence-corrected chi connectivity index (χ4v) is 1.87. The Morgan fingerprint density at radius 3 is 2.55 bits per heavy atom. The highest BCUT2D eigenvalue weighted by atomic mass is 19.1. The second-order valence-corrected chi connectivity index (χ2v) is 4.34. The van der Waals surface area contributed by atoms with Crippen LogP contribution in [-0.4, -0.2) is 11.7 Å². The van der Waals surface area contributed by atoms with Crippen LogP contribution in [0, 0.1) is 5.82 Å². The van der Waals surface area contributed by atoms with Crippen molar-refractivity contribution in [3.63, 3.8) is 0 Å². The Balaban J connectivity index is 2.32. The molecule has 0 aromatic heterocycles. The zero-order chi connectivity index (χ0) is 14.5. The Morgan fingerprint density at radius 2 is 1.85 bits per heavy atom. The molecule has 0 spiro atoms. The van der Waals surface area contributed by atoms with Gasteiger partial charge in [0.2, 0.25) is 0 Å². The van der Waals surface area contributed by atoms with E-state index in [1.165, 1.54) is 6.07 Å². The van der Waals surface area contributed by atoms with Gasteiger partial charge in [-0.25, -0.2) is 4.39 Å². The Hall–Kier alpha value is -2.07. The summed E-state index contributed by atoms with van der Waals surface area (Å²) in [7, 11) is 0. The van der Waals surface area contributed by atoms with Crippen molar-refractivity contribution in [1.82, 2.24) is 0 Å². The highest BCUT2D eigenvalue weighted by molar-refractivity contribution is 5.42. The largest absolute Gasteiger partial charge is 0.494 e. The number of benzene rings is 2. The normalized spacial score (nSPS) is 12.0. The van der Waals surface area contributed by atoms with E-state index in [0.29, 0.717) is 23.7 Å². The summed E-state index contributed by atoms with van der Waals surface area (Å²) in [6.07, 6.45) is -0.809. The first kappa shape index (κ1) is 14.3. The average molecular weight is 276 g/mol. The first-order valence-corrected chi connectivity index (χ1v) is 6.49. The van der Waals surface area contributed by atoms with E-state index >= 15 is 0 Å². The summed E-state index contributed by atoms with van der Waals surface area (Å²) < 4.78 is 24.8. The second-order valence-electron chi connectivity index (χ2n) is 4.34. The van der Waals surface area contributed by atoms with Gasteiger partial charge in [-0.15, -0.1) is 0 Å². The number of hydrogen-bond acceptors (Lipinski definition) is 3. The van der Waals surface area contributed by atoms with Crippen molar-refractivity contribution >= 4 is 0 Å². The molecule has 2 aromatic rings. The van der Waals surface area contributed by atoms with Gasteiger partial charge in [0.05, 0.1) is 12.7 Å². The second kappa shape index (κ2) is 6.39. The summed E-state index contributed by atoms with van der Waals surface area (Å²) in [5.41, 5.74) is 0.409. The highest BCUT2D eigenvalue weighted by Crippen LogP contribution is 2.33. The van der Waals surface area contributed by atoms with Crippen LogP contribution in [0.2, 0.25) is 0 Å². The molecule has 0 bridgehead atoms. The molecule has 0 fully saturated rings. The molecule has 0 heterocycles. The van der Waals surface area contributed by atoms with Gasteiger partial charge in [-0.2, -0.15) is 0 Å². The first-order chi connectivity index (χ1) is 9.61. The maximum absolute atomic E-state index is 13.9. The molecule has 0 radical (unpaired) electrons. The topological polar surface area (TPSA) is 38.7 Å². The van der Waals surface area contributed by atoms with Gasteiger partial charge in [0.25, 0.3) is 0 Å². The Kier molecular flexibility index (Phi) is 4.58. The number of ether oxygens (including phenoxy) is 2. The third-order valence-electron chi connectivity index (χ3n) is 2.78. The quantitative estimate of drug-likeness (QED) is 0.894. The number of rotatable bonds is 5. The van der Waals surface area contributed by atoms with Crippen LogP contribution in [0.1, 0.15) is 25.5 Å². The molecule has 3 nitrogen and oxygen atoms in total. The van der Waals surface area contributed by atoms with E-state index in [-0.39, 0.29) is 5.75 Å². The summed E-state index contributed by atoms with van der Waals surface area (Å²) in [5.74, 6) is 0.643. The summed E-state index contributed by atoms with van der Waals surface area (Å²) in [5, 5.41) is 9.67. The molecular weight excluding hydrogens is 259 g/mol. The lowest BCUT2D eigenvalue weighted by atomic mass is 10.1. The van der Waals surface area contributed by atoms with Gasteiger partial charge < -0.3 is 14.6 Å². The molecule has 0 aliphatic heterocycles. The van der Waals surface area contributed by atoms with Crippen LogP contribution in [0.3, 0.4) is 0 Å². The van der Waals surface area contributed by atoms with Gasteiger partial charge in [0.1, 0.15) is 11.5 Å². The van der Waals surface area contributed by atoms with Gasteiger partial charge in [-0.1, -0.05) is 18.2 Å². The van der Waals surface area contributed by atoms with Crippen LogP contribution >= 0.6 is 0 Å². The summed E-state index contributed by atoms with van der Waals surface area (Å²) in [6, 6.07) is 11.4. The van der Waals surface area contributed by atoms with E-state index in [1.807, 2.05) is 6.92 Å². The zero-order valence-corrected chi connectivity index (χ0v) is 11.5. The summed E-state index contributed by atoms with van der Waals surface area (Å²) >= 11 is 0. The van der Waals surface area contributed by atoms with E-state index < -0.39 is 11.9 Å². The SMILES string of the molecule is CCOc1cccc(Oc2c(F)cccc2[C@H](C)O)c1. The molecule has 4 heteroatoms. The van der Waals surface area contributed by atoms with E-state index in [9.17, 15) is 9.50 Å². The van der Waals surface area contributed by atoms with Crippen molar-refractivity contribution in [1.29, 1.82) is 0 Å². The Morgan fingerprint density at radius 1 is 1.15 bits per heavy atom. The van der Waals surface area contributed by atoms with Crippen LogP contribution in [0.25, 0.3) is 0 Å². The average Bonchev–Trinajstić information content (AvgIpc) is 2.41. The van der Waals surface area contributed by atoms with E-state index in [0.717, 1.165) is 0 Å². The van der Waals surface area contributed by atoms with E-state index in [4.69, 9.17) is 9.47 Å². The lowest BCUT2D eigenvalue weighted by Crippen LogP contribution is -1.99. The van der Waals surface area contributed by atoms with Gasteiger partial charge in [0, 0.05) is 11.6 Å². The fraction of sp³-hybridized carbons (Fsp3) is 0.250. The molecule has 2 rings (SSSR count). The first-order valence-electron chi connectivity index (χ1n) is 6.49. The minimum absolute atomic E-state index is 0.0381. The lowest BCUT2D eigenvalue weighted by molar-refractivity contribution is 0.194. The molecule has 0 saturated carbocycles. The van der Waals surface area contributed by atoms with Crippen molar-refractivity contribution in [2.45, 2.75) is 20.0 Å². The van der Waals surface area contributed by atoms with Gasteiger partial charge in [0.15, 0.2) is 11.6 Å². The van der Waals surface area contributed by atoms with Crippen LogP contribution in [-0.2, 0) is 0 Å². The zero-order valence-electron chi connectivity index (χ0n) is 11.5. The molecule has 0 saturated heterocycles. The maximum atomic E-state index is 13.9. The van der Waals surface area contributed by atoms with Crippen LogP contribution < -0.4 is 9.47 Å². The van der Waals surface area contributed by atoms with Gasteiger partial charge in [-0.05, 0) is 32.0 Å². The van der Waals surface area contributed by atoms with Crippen molar-refractivity contribution in [3.8, 4) is 17.2 Å². The number of halogens is 1. The number of hydrogen-bond donors (Lipinski definition) is 1. The van der Waals surface area contributed by atoms with Gasteiger partial charge in [-0.3, -0.25) is 0 Å². The summed E-state index contributed by atoms with van der Waals surface area (Å²) in [4.78, 5) is 0. The standard InChI is InChI=1S/C16H17FO3/c1-3-19-12-6-4-7-13(10-12)20-16-14(11(2)18)8-5-9-15(16)17/h4-11,18H,3H2,1-2H3/t11-/m0/s1. The molecule has 0 unspecified atom stereocenters. The van der Waals surface area contributed by atoms with E-state index in [2.05, 4.69) is 0 Å². The predicted octanol–water partition coefficient (Wildman–Crippen LogP) is 4.07. The van der Waals surface area contributed by atoms with Crippen molar-refractivity contribution < 1.29 is 19.0 Å². The van der Waals surface area contributed by atoms with Crippen LogP contribution in [0.15, 0.2) is 42.5 Å². The molecular formula is C16H17FO3. The third-order valence-corrected chi connectivity index (χ3v) is 2.78. The molecule has 20 heavy (non-hydrogen) atoms. The summed E-state index contributed by atoms with van der Waals surface area (Å²) in [6.45, 7) is 4.00. The predicted molar refractivity (Wildman–Crippen MR) is 74.7 cm³/mol. The van der Waals surface area contributed by atoms with Crippen molar-refractivity contribution in [3.05, 3.63) is 53.8 Å². The third kappa shape index (κ3) is 3.27.